The lowest BCUT2D eigenvalue weighted by Crippen LogP contribution is -2.06. The first-order valence-corrected chi connectivity index (χ1v) is 4.24. The first kappa shape index (κ1) is 8.26. The van der Waals surface area contributed by atoms with E-state index in [-0.39, 0.29) is 6.54 Å². The highest BCUT2D eigenvalue weighted by Crippen LogP contribution is 2.22. The number of hydroxylamine groups is 1. The molecule has 3 nitrogen and oxygen atoms in total. The molecule has 1 aromatic rings. The van der Waals surface area contributed by atoms with Crippen molar-refractivity contribution < 1.29 is 4.74 Å². The third-order valence-electron chi connectivity index (χ3n) is 1.76. The van der Waals surface area contributed by atoms with E-state index < -0.39 is 0 Å². The van der Waals surface area contributed by atoms with E-state index in [0.717, 1.165) is 16.0 Å². The summed E-state index contributed by atoms with van der Waals surface area (Å²) in [5.41, 5.74) is 1.54. The smallest absolute Gasteiger partial charge is 0.188 e. The monoisotopic (exact) mass is 194 g/mol. The summed E-state index contributed by atoms with van der Waals surface area (Å²) in [6, 6.07) is 5.28. The molecule has 4 heteroatoms. The predicted octanol–water partition coefficient (Wildman–Crippen LogP) is 1.99. The molecular weight excluding hydrogens is 188 g/mol. The zero-order chi connectivity index (χ0) is 9.26. The van der Waals surface area contributed by atoms with Crippen molar-refractivity contribution in [3.8, 4) is 0 Å². The summed E-state index contributed by atoms with van der Waals surface area (Å²) >= 11 is 5.79. The fourth-order valence-corrected chi connectivity index (χ4v) is 1.35. The van der Waals surface area contributed by atoms with Gasteiger partial charge in [0, 0.05) is 5.02 Å². The van der Waals surface area contributed by atoms with Crippen LogP contribution in [0.15, 0.2) is 23.2 Å². The summed E-state index contributed by atoms with van der Waals surface area (Å²) in [6.45, 7) is 0.284. The van der Waals surface area contributed by atoms with Gasteiger partial charge in [0.25, 0.3) is 0 Å². The predicted molar refractivity (Wildman–Crippen MR) is 53.3 cm³/mol. The lowest BCUT2D eigenvalue weighted by atomic mass is 10.2. The Bertz CT molecular complexity index is 399. The Labute approximate surface area is 80.6 Å². The molecule has 0 radical (unpaired) electrons. The summed E-state index contributed by atoms with van der Waals surface area (Å²) in [5.74, 6) is 0. The number of hydrogen-bond acceptors (Lipinski definition) is 2. The Morgan fingerprint density at radius 2 is 2.31 bits per heavy atom. The first-order valence-electron chi connectivity index (χ1n) is 3.86. The summed E-state index contributed by atoms with van der Waals surface area (Å²) in [4.78, 5) is 4.12. The fraction of sp³-hybridized carbons (Fsp3) is 0.111. The molecule has 0 aliphatic carbocycles. The second kappa shape index (κ2) is 3.18. The van der Waals surface area contributed by atoms with Gasteiger partial charge < -0.3 is 5.21 Å². The van der Waals surface area contributed by atoms with Crippen molar-refractivity contribution in [1.29, 1.82) is 0 Å². The summed E-state index contributed by atoms with van der Waals surface area (Å²) in [7, 11) is 0. The molecule has 1 aliphatic heterocycles. The molecule has 0 atom stereocenters. The van der Waals surface area contributed by atoms with Crippen LogP contribution in [0, 0.1) is 5.21 Å². The Morgan fingerprint density at radius 1 is 1.46 bits per heavy atom. The van der Waals surface area contributed by atoms with Crippen LogP contribution in [0.25, 0.3) is 0 Å². The minimum Gasteiger partial charge on any atom is -0.624 e. The zero-order valence-corrected chi connectivity index (χ0v) is 7.53. The maximum absolute atomic E-state index is 11.1. The van der Waals surface area contributed by atoms with Gasteiger partial charge in [0.2, 0.25) is 0 Å². The van der Waals surface area contributed by atoms with Crippen LogP contribution >= 0.6 is 11.6 Å². The van der Waals surface area contributed by atoms with Crippen LogP contribution in [-0.4, -0.2) is 23.7 Å². The van der Waals surface area contributed by atoms with Crippen molar-refractivity contribution in [2.75, 3.05) is 6.54 Å². The highest BCUT2D eigenvalue weighted by molar-refractivity contribution is 6.31. The van der Waals surface area contributed by atoms with Gasteiger partial charge in [0.15, 0.2) is 12.8 Å². The van der Waals surface area contributed by atoms with E-state index in [4.69, 9.17) is 11.6 Å². The Balaban J connectivity index is 2.59. The van der Waals surface area contributed by atoms with Gasteiger partial charge in [-0.05, 0) is 18.2 Å². The van der Waals surface area contributed by atoms with Crippen molar-refractivity contribution in [3.05, 3.63) is 34.0 Å². The molecular formula is C9H7ClN2O. The van der Waals surface area contributed by atoms with Crippen LogP contribution in [-0.2, 0) is 0 Å². The highest BCUT2D eigenvalue weighted by Gasteiger charge is 2.06. The van der Waals surface area contributed by atoms with Crippen LogP contribution in [0.2, 0.25) is 5.02 Å². The van der Waals surface area contributed by atoms with Gasteiger partial charge in [-0.2, -0.15) is 0 Å². The Kier molecular flexibility index (Phi) is 2.02. The van der Waals surface area contributed by atoms with Gasteiger partial charge in [-0.25, -0.2) is 4.74 Å². The van der Waals surface area contributed by atoms with Crippen LogP contribution in [0.5, 0.6) is 0 Å². The van der Waals surface area contributed by atoms with E-state index in [1.54, 1.807) is 24.4 Å². The molecule has 2 rings (SSSR count). The molecule has 0 unspecified atom stereocenters. The minimum absolute atomic E-state index is 0.284. The van der Waals surface area contributed by atoms with E-state index in [2.05, 4.69) is 4.99 Å². The van der Waals surface area contributed by atoms with E-state index in [9.17, 15) is 5.21 Å². The molecule has 1 aromatic carbocycles. The molecule has 1 aliphatic rings. The van der Waals surface area contributed by atoms with Crippen molar-refractivity contribution in [2.24, 2.45) is 4.99 Å². The Hall–Kier alpha value is -1.35. The molecule has 0 fully saturated rings. The normalized spacial score (nSPS) is 14.7. The molecule has 0 N–H and O–H groups in total. The first-order chi connectivity index (χ1) is 6.25. The third kappa shape index (κ3) is 1.70. The number of hydrogen-bond donors (Lipinski definition) is 0. The molecule has 0 spiro atoms. The quantitative estimate of drug-likeness (QED) is 0.460. The van der Waals surface area contributed by atoms with E-state index in [1.165, 1.54) is 6.21 Å². The van der Waals surface area contributed by atoms with Crippen molar-refractivity contribution in [3.63, 3.8) is 0 Å². The maximum Gasteiger partial charge on any atom is 0.188 e. The molecule has 0 aromatic heterocycles. The number of benzene rings is 1. The Morgan fingerprint density at radius 3 is 3.15 bits per heavy atom. The van der Waals surface area contributed by atoms with Gasteiger partial charge in [-0.1, -0.05) is 11.6 Å². The largest absolute Gasteiger partial charge is 0.624 e. The topological polar surface area (TPSA) is 38.4 Å². The standard InChI is InChI=1S/C9H7ClN2O/c10-8-1-2-9-7(5-8)6-12(13)4-3-11-9/h1-3,5-6H,4H2. The SMILES string of the molecule is [O-][N+]1=Cc2cc(Cl)ccc2N=CC1. The van der Waals surface area contributed by atoms with E-state index >= 15 is 0 Å². The maximum atomic E-state index is 11.1. The highest BCUT2D eigenvalue weighted by atomic mass is 35.5. The molecule has 13 heavy (non-hydrogen) atoms. The van der Waals surface area contributed by atoms with Gasteiger partial charge in [-0.15, -0.1) is 0 Å². The van der Waals surface area contributed by atoms with Gasteiger partial charge in [0.05, 0.1) is 17.5 Å². The van der Waals surface area contributed by atoms with Crippen molar-refractivity contribution in [1.82, 2.24) is 0 Å². The number of halogens is 1. The molecule has 66 valence electrons. The van der Waals surface area contributed by atoms with Gasteiger partial charge in [0.1, 0.15) is 0 Å². The van der Waals surface area contributed by atoms with Gasteiger partial charge in [-0.3, -0.25) is 4.99 Å². The second-order valence-electron chi connectivity index (χ2n) is 2.74. The lowest BCUT2D eigenvalue weighted by molar-refractivity contribution is -0.433. The molecule has 0 bridgehead atoms. The third-order valence-corrected chi connectivity index (χ3v) is 2.00. The van der Waals surface area contributed by atoms with E-state index in [1.807, 2.05) is 0 Å². The number of fused-ring (bicyclic) bond motifs is 1. The summed E-state index contributed by atoms with van der Waals surface area (Å²) in [6.07, 6.45) is 3.08. The van der Waals surface area contributed by atoms with Crippen LogP contribution < -0.4 is 0 Å². The lowest BCUT2D eigenvalue weighted by Gasteiger charge is -1.98. The summed E-state index contributed by atoms with van der Waals surface area (Å²) in [5, 5.41) is 11.7. The molecule has 0 saturated carbocycles. The zero-order valence-electron chi connectivity index (χ0n) is 6.77. The van der Waals surface area contributed by atoms with Crippen molar-refractivity contribution >= 4 is 29.7 Å². The number of aliphatic imine (C=N–C) groups is 1. The number of rotatable bonds is 0. The average molecular weight is 195 g/mol. The van der Waals surface area contributed by atoms with Crippen molar-refractivity contribution in [2.45, 2.75) is 0 Å². The summed E-state index contributed by atoms with van der Waals surface area (Å²) < 4.78 is 0.825. The molecule has 1 heterocycles. The second-order valence-corrected chi connectivity index (χ2v) is 3.18. The van der Waals surface area contributed by atoms with Crippen LogP contribution in [0.3, 0.4) is 0 Å². The van der Waals surface area contributed by atoms with E-state index in [0.29, 0.717) is 5.02 Å². The van der Waals surface area contributed by atoms with Crippen LogP contribution in [0.1, 0.15) is 5.56 Å². The minimum atomic E-state index is 0.284. The van der Waals surface area contributed by atoms with Crippen LogP contribution in [0.4, 0.5) is 5.69 Å². The fourth-order valence-electron chi connectivity index (χ4n) is 1.17. The number of nitrogens with zero attached hydrogens (tertiary/aromatic N) is 2. The average Bonchev–Trinajstić information content (AvgIpc) is 2.25. The molecule has 0 saturated heterocycles. The van der Waals surface area contributed by atoms with Gasteiger partial charge >= 0.3 is 0 Å². The molecule has 0 amide bonds.